The minimum atomic E-state index is -3.90. The Kier molecular flexibility index (Phi) is 3.87. The van der Waals surface area contributed by atoms with E-state index in [0.29, 0.717) is 16.8 Å². The Bertz CT molecular complexity index is 984. The number of nitrogens with one attached hydrogen (secondary N) is 1. The van der Waals surface area contributed by atoms with Crippen molar-refractivity contribution in [3.63, 3.8) is 0 Å². The Balaban J connectivity index is 2.01. The summed E-state index contributed by atoms with van der Waals surface area (Å²) in [7, 11) is -2.23. The van der Waals surface area contributed by atoms with Gasteiger partial charge in [0.1, 0.15) is 5.82 Å². The van der Waals surface area contributed by atoms with Crippen LogP contribution in [0.1, 0.15) is 25.0 Å². The van der Waals surface area contributed by atoms with Crippen LogP contribution in [0.25, 0.3) is 0 Å². The molecule has 1 aliphatic heterocycles. The second-order valence-corrected chi connectivity index (χ2v) is 8.42. The molecule has 5 nitrogen and oxygen atoms in total. The van der Waals surface area contributed by atoms with Gasteiger partial charge in [0, 0.05) is 12.7 Å². The van der Waals surface area contributed by atoms with Crippen molar-refractivity contribution < 1.29 is 17.6 Å². The average molecular weight is 362 g/mol. The predicted octanol–water partition coefficient (Wildman–Crippen LogP) is 3.19. The van der Waals surface area contributed by atoms with E-state index in [2.05, 4.69) is 4.72 Å². The minimum Gasteiger partial charge on any atom is -0.314 e. The number of hydrogen-bond acceptors (Lipinski definition) is 3. The Morgan fingerprint density at radius 2 is 1.80 bits per heavy atom. The number of anilines is 2. The number of carbonyl (C=O) groups is 1. The maximum atomic E-state index is 13.6. The van der Waals surface area contributed by atoms with Crippen LogP contribution in [0.3, 0.4) is 0 Å². The van der Waals surface area contributed by atoms with Crippen LogP contribution in [0.2, 0.25) is 0 Å². The van der Waals surface area contributed by atoms with Gasteiger partial charge in [-0.1, -0.05) is 6.07 Å². The lowest BCUT2D eigenvalue weighted by Gasteiger charge is -2.17. The molecule has 1 heterocycles. The van der Waals surface area contributed by atoms with E-state index in [1.807, 2.05) is 0 Å². The topological polar surface area (TPSA) is 66.5 Å². The standard InChI is InChI=1S/C18H19FN2O3S/c1-11-5-6-12(9-15(11)19)20-25(23,24)13-7-8-16-14(10-13)18(2,3)17(22)21(16)4/h5-10,20H,1-4H3. The number of halogens is 1. The molecule has 0 bridgehead atoms. The largest absolute Gasteiger partial charge is 0.314 e. The molecule has 1 N–H and O–H groups in total. The lowest BCUT2D eigenvalue weighted by molar-refractivity contribution is -0.121. The zero-order chi connectivity index (χ0) is 18.6. The van der Waals surface area contributed by atoms with Crippen molar-refractivity contribution in [2.24, 2.45) is 0 Å². The lowest BCUT2D eigenvalue weighted by atomic mass is 9.86. The molecular weight excluding hydrogens is 343 g/mol. The molecule has 1 aliphatic rings. The highest BCUT2D eigenvalue weighted by Gasteiger charge is 2.42. The predicted molar refractivity (Wildman–Crippen MR) is 94.8 cm³/mol. The number of hydrogen-bond donors (Lipinski definition) is 1. The van der Waals surface area contributed by atoms with Crippen molar-refractivity contribution in [3.05, 3.63) is 53.3 Å². The molecule has 2 aromatic rings. The van der Waals surface area contributed by atoms with Crippen molar-refractivity contribution >= 4 is 27.3 Å². The van der Waals surface area contributed by atoms with Gasteiger partial charge in [-0.05, 0) is 62.2 Å². The summed E-state index contributed by atoms with van der Waals surface area (Å²) in [6.07, 6.45) is 0. The highest BCUT2D eigenvalue weighted by atomic mass is 32.2. The number of sulfonamides is 1. The number of likely N-dealkylation sites (N-methyl/N-ethyl adjacent to an activating group) is 1. The van der Waals surface area contributed by atoms with Crippen molar-refractivity contribution in [1.82, 2.24) is 0 Å². The van der Waals surface area contributed by atoms with Crippen molar-refractivity contribution in [3.8, 4) is 0 Å². The highest BCUT2D eigenvalue weighted by molar-refractivity contribution is 7.92. The van der Waals surface area contributed by atoms with E-state index < -0.39 is 21.3 Å². The van der Waals surface area contributed by atoms with E-state index in [-0.39, 0.29) is 16.5 Å². The van der Waals surface area contributed by atoms with Gasteiger partial charge in [0.25, 0.3) is 10.0 Å². The van der Waals surface area contributed by atoms with Gasteiger partial charge in [-0.15, -0.1) is 0 Å². The van der Waals surface area contributed by atoms with Crippen molar-refractivity contribution in [2.75, 3.05) is 16.7 Å². The van der Waals surface area contributed by atoms with Gasteiger partial charge in [0.15, 0.2) is 0 Å². The van der Waals surface area contributed by atoms with Crippen LogP contribution in [0, 0.1) is 12.7 Å². The minimum absolute atomic E-state index is 0.0309. The van der Waals surface area contributed by atoms with E-state index in [1.165, 1.54) is 29.2 Å². The normalized spacial score (nSPS) is 16.0. The molecule has 0 saturated heterocycles. The van der Waals surface area contributed by atoms with Crippen LogP contribution in [0.4, 0.5) is 15.8 Å². The van der Waals surface area contributed by atoms with Crippen LogP contribution in [-0.2, 0) is 20.2 Å². The summed E-state index contributed by atoms with van der Waals surface area (Å²) in [5.74, 6) is -0.576. The number of nitrogens with zero attached hydrogens (tertiary/aromatic N) is 1. The van der Waals surface area contributed by atoms with Crippen LogP contribution in [0.5, 0.6) is 0 Å². The number of fused-ring (bicyclic) bond motifs is 1. The fraction of sp³-hybridized carbons (Fsp3) is 0.278. The summed E-state index contributed by atoms with van der Waals surface area (Å²) in [6, 6.07) is 8.71. The summed E-state index contributed by atoms with van der Waals surface area (Å²) in [5, 5.41) is 0. The molecule has 0 fully saturated rings. The van der Waals surface area contributed by atoms with Crippen molar-refractivity contribution in [1.29, 1.82) is 0 Å². The smallest absolute Gasteiger partial charge is 0.261 e. The fourth-order valence-electron chi connectivity index (χ4n) is 2.99. The Morgan fingerprint density at radius 3 is 2.44 bits per heavy atom. The lowest BCUT2D eigenvalue weighted by Crippen LogP contribution is -2.33. The molecule has 0 saturated carbocycles. The molecule has 0 atom stereocenters. The van der Waals surface area contributed by atoms with Gasteiger partial charge >= 0.3 is 0 Å². The number of amides is 1. The molecular formula is C18H19FN2O3S. The van der Waals surface area contributed by atoms with Crippen LogP contribution < -0.4 is 9.62 Å². The first-order valence-corrected chi connectivity index (χ1v) is 9.24. The third-order valence-electron chi connectivity index (χ3n) is 4.58. The Morgan fingerprint density at radius 1 is 1.12 bits per heavy atom. The van der Waals surface area contributed by atoms with Gasteiger partial charge in [-0.3, -0.25) is 9.52 Å². The maximum absolute atomic E-state index is 13.6. The number of carbonyl (C=O) groups excluding carboxylic acids is 1. The molecule has 0 unspecified atom stereocenters. The van der Waals surface area contributed by atoms with Crippen LogP contribution in [-0.4, -0.2) is 21.4 Å². The third kappa shape index (κ3) is 2.78. The SMILES string of the molecule is Cc1ccc(NS(=O)(=O)c2ccc3c(c2)C(C)(C)C(=O)N3C)cc1F. The summed E-state index contributed by atoms with van der Waals surface area (Å²) in [5.41, 5.74) is 1.12. The first kappa shape index (κ1) is 17.4. The molecule has 7 heteroatoms. The molecule has 0 aromatic heterocycles. The first-order valence-electron chi connectivity index (χ1n) is 7.76. The van der Waals surface area contributed by atoms with Crippen LogP contribution in [0.15, 0.2) is 41.3 Å². The molecule has 0 aliphatic carbocycles. The molecule has 0 radical (unpaired) electrons. The summed E-state index contributed by atoms with van der Waals surface area (Å²) >= 11 is 0. The molecule has 132 valence electrons. The average Bonchev–Trinajstić information content (AvgIpc) is 2.71. The van der Waals surface area contributed by atoms with E-state index in [4.69, 9.17) is 0 Å². The number of aryl methyl sites for hydroxylation is 1. The molecule has 25 heavy (non-hydrogen) atoms. The first-order chi connectivity index (χ1) is 11.5. The van der Waals surface area contributed by atoms with E-state index in [1.54, 1.807) is 33.9 Å². The second kappa shape index (κ2) is 5.56. The zero-order valence-electron chi connectivity index (χ0n) is 14.4. The Hall–Kier alpha value is -2.41. The number of rotatable bonds is 3. The summed E-state index contributed by atoms with van der Waals surface area (Å²) in [4.78, 5) is 13.9. The quantitative estimate of drug-likeness (QED) is 0.912. The summed E-state index contributed by atoms with van der Waals surface area (Å²) in [6.45, 7) is 5.12. The van der Waals surface area contributed by atoms with E-state index >= 15 is 0 Å². The third-order valence-corrected chi connectivity index (χ3v) is 5.96. The zero-order valence-corrected chi connectivity index (χ0v) is 15.2. The summed E-state index contributed by atoms with van der Waals surface area (Å²) < 4.78 is 41.3. The number of benzene rings is 2. The van der Waals surface area contributed by atoms with Gasteiger partial charge in [0.2, 0.25) is 5.91 Å². The van der Waals surface area contributed by atoms with Gasteiger partial charge in [-0.2, -0.15) is 0 Å². The highest BCUT2D eigenvalue weighted by Crippen LogP contribution is 2.41. The van der Waals surface area contributed by atoms with E-state index in [0.717, 1.165) is 6.07 Å². The van der Waals surface area contributed by atoms with E-state index in [9.17, 15) is 17.6 Å². The fourth-order valence-corrected chi connectivity index (χ4v) is 4.06. The molecule has 3 rings (SSSR count). The van der Waals surface area contributed by atoms with Gasteiger partial charge in [-0.25, -0.2) is 12.8 Å². The van der Waals surface area contributed by atoms with Gasteiger partial charge in [0.05, 0.1) is 16.0 Å². The van der Waals surface area contributed by atoms with Crippen LogP contribution >= 0.6 is 0 Å². The van der Waals surface area contributed by atoms with Gasteiger partial charge < -0.3 is 4.90 Å². The monoisotopic (exact) mass is 362 g/mol. The Labute approximate surface area is 146 Å². The molecule has 2 aromatic carbocycles. The molecule has 1 amide bonds. The maximum Gasteiger partial charge on any atom is 0.261 e. The molecule has 0 spiro atoms. The second-order valence-electron chi connectivity index (χ2n) is 6.74. The van der Waals surface area contributed by atoms with Crippen molar-refractivity contribution in [2.45, 2.75) is 31.1 Å².